The quantitative estimate of drug-likeness (QED) is 0.414. The van der Waals surface area contributed by atoms with Crippen LogP contribution in [0.3, 0.4) is 0 Å². The molecule has 6 nitrogen and oxygen atoms in total. The Bertz CT molecular complexity index is 1270. The molecule has 0 bridgehead atoms. The number of para-hydroxylation sites is 1. The van der Waals surface area contributed by atoms with E-state index >= 15 is 0 Å². The third kappa shape index (κ3) is 5.30. The summed E-state index contributed by atoms with van der Waals surface area (Å²) < 4.78 is 49.0. The van der Waals surface area contributed by atoms with Crippen LogP contribution in [0.4, 0.5) is 13.2 Å². The Kier molecular flexibility index (Phi) is 7.74. The molecule has 2 saturated heterocycles. The first kappa shape index (κ1) is 26.6. The Morgan fingerprint density at radius 1 is 1.05 bits per heavy atom. The van der Waals surface area contributed by atoms with Gasteiger partial charge in [0.1, 0.15) is 0 Å². The van der Waals surface area contributed by atoms with E-state index in [1.54, 1.807) is 16.8 Å². The minimum atomic E-state index is -4.46. The normalized spacial score (nSPS) is 20.7. The maximum atomic E-state index is 13.9. The molecular weight excluding hydrogens is 511 g/mol. The SMILES string of the molecule is Cc1cc([C@@H]2[C@H](c3ccccn3)NC(=S)N2CCCN2CCOCC2)c(C)n1-c1ccccc1C(F)(F)F. The molecule has 2 aliphatic heterocycles. The van der Waals surface area contributed by atoms with Crippen LogP contribution in [0.2, 0.25) is 0 Å². The lowest BCUT2D eigenvalue weighted by molar-refractivity contribution is -0.137. The maximum Gasteiger partial charge on any atom is 0.418 e. The smallest absolute Gasteiger partial charge is 0.379 e. The largest absolute Gasteiger partial charge is 0.418 e. The molecule has 1 N–H and O–H groups in total. The molecule has 10 heteroatoms. The van der Waals surface area contributed by atoms with Gasteiger partial charge in [0.2, 0.25) is 0 Å². The van der Waals surface area contributed by atoms with Crippen LogP contribution in [0.25, 0.3) is 5.69 Å². The average Bonchev–Trinajstić information content (AvgIpc) is 3.39. The molecule has 0 unspecified atom stereocenters. The molecule has 202 valence electrons. The third-order valence-electron chi connectivity index (χ3n) is 7.41. The number of morpholine rings is 1. The topological polar surface area (TPSA) is 45.6 Å². The monoisotopic (exact) mass is 543 g/mol. The fourth-order valence-electron chi connectivity index (χ4n) is 5.64. The summed E-state index contributed by atoms with van der Waals surface area (Å²) in [7, 11) is 0. The van der Waals surface area contributed by atoms with Gasteiger partial charge in [-0.25, -0.2) is 0 Å². The van der Waals surface area contributed by atoms with E-state index in [0.717, 1.165) is 74.5 Å². The van der Waals surface area contributed by atoms with Gasteiger partial charge >= 0.3 is 6.18 Å². The number of pyridine rings is 1. The van der Waals surface area contributed by atoms with Gasteiger partial charge in [0.25, 0.3) is 0 Å². The van der Waals surface area contributed by atoms with Crippen molar-refractivity contribution in [2.24, 2.45) is 0 Å². The van der Waals surface area contributed by atoms with Crippen LogP contribution in [0.15, 0.2) is 54.7 Å². The minimum Gasteiger partial charge on any atom is -0.379 e. The molecule has 5 rings (SSSR count). The van der Waals surface area contributed by atoms with Crippen molar-refractivity contribution in [2.45, 2.75) is 38.5 Å². The van der Waals surface area contributed by atoms with Gasteiger partial charge in [-0.2, -0.15) is 13.2 Å². The van der Waals surface area contributed by atoms with E-state index < -0.39 is 11.7 Å². The van der Waals surface area contributed by atoms with E-state index in [2.05, 4.69) is 20.1 Å². The summed E-state index contributed by atoms with van der Waals surface area (Å²) in [6, 6.07) is 13.1. The molecule has 0 spiro atoms. The van der Waals surface area contributed by atoms with Crippen LogP contribution in [0.1, 0.15) is 46.7 Å². The number of hydrogen-bond donors (Lipinski definition) is 1. The second-order valence-corrected chi connectivity index (χ2v) is 10.2. The molecule has 2 atom stereocenters. The number of aryl methyl sites for hydroxylation is 1. The molecule has 2 fully saturated rings. The summed E-state index contributed by atoms with van der Waals surface area (Å²) in [4.78, 5) is 9.16. The van der Waals surface area contributed by atoms with Crippen molar-refractivity contribution in [2.75, 3.05) is 39.4 Å². The second kappa shape index (κ2) is 11.0. The number of benzene rings is 1. The zero-order valence-corrected chi connectivity index (χ0v) is 22.4. The first-order valence-electron chi connectivity index (χ1n) is 12.9. The van der Waals surface area contributed by atoms with Gasteiger partial charge in [0.05, 0.1) is 42.2 Å². The molecule has 38 heavy (non-hydrogen) atoms. The summed E-state index contributed by atoms with van der Waals surface area (Å²) in [6.45, 7) is 8.73. The van der Waals surface area contributed by atoms with Gasteiger partial charge < -0.3 is 19.5 Å². The minimum absolute atomic E-state index is 0.128. The zero-order valence-electron chi connectivity index (χ0n) is 21.5. The lowest BCUT2D eigenvalue weighted by Crippen LogP contribution is -2.39. The maximum absolute atomic E-state index is 13.9. The highest BCUT2D eigenvalue weighted by Gasteiger charge is 2.42. The number of thiocarbonyl (C=S) groups is 1. The molecule has 1 aromatic carbocycles. The van der Waals surface area contributed by atoms with Crippen molar-refractivity contribution in [1.29, 1.82) is 0 Å². The van der Waals surface area contributed by atoms with E-state index in [9.17, 15) is 13.2 Å². The molecular formula is C28H32F3N5OS. The molecule has 4 heterocycles. The Labute approximate surface area is 226 Å². The lowest BCUT2D eigenvalue weighted by Gasteiger charge is -2.30. The van der Waals surface area contributed by atoms with Gasteiger partial charge in [-0.3, -0.25) is 9.88 Å². The molecule has 0 saturated carbocycles. The van der Waals surface area contributed by atoms with Crippen LogP contribution < -0.4 is 5.32 Å². The van der Waals surface area contributed by atoms with Crippen LogP contribution in [0.5, 0.6) is 0 Å². The molecule has 2 aliphatic rings. The lowest BCUT2D eigenvalue weighted by atomic mass is 9.96. The van der Waals surface area contributed by atoms with Gasteiger partial charge in [-0.05, 0) is 68.4 Å². The molecule has 3 aromatic rings. The highest BCUT2D eigenvalue weighted by molar-refractivity contribution is 7.80. The number of hydrogen-bond acceptors (Lipinski definition) is 4. The summed E-state index contributed by atoms with van der Waals surface area (Å²) in [5, 5.41) is 4.09. The van der Waals surface area contributed by atoms with Crippen molar-refractivity contribution in [1.82, 2.24) is 24.7 Å². The van der Waals surface area contributed by atoms with Crippen molar-refractivity contribution in [3.05, 3.63) is 82.9 Å². The molecule has 0 amide bonds. The third-order valence-corrected chi connectivity index (χ3v) is 7.77. The van der Waals surface area contributed by atoms with Gasteiger partial charge in [-0.1, -0.05) is 18.2 Å². The van der Waals surface area contributed by atoms with E-state index in [1.807, 2.05) is 38.1 Å². The number of rotatable bonds is 7. The molecule has 0 aliphatic carbocycles. The number of aromatic nitrogens is 2. The fourth-order valence-corrected chi connectivity index (χ4v) is 5.97. The van der Waals surface area contributed by atoms with Crippen molar-refractivity contribution >= 4 is 17.3 Å². The van der Waals surface area contributed by atoms with Crippen molar-refractivity contribution < 1.29 is 17.9 Å². The standard InChI is InChI=1S/C28H32F3N5OS/c1-19-18-21(20(2)36(19)24-10-4-3-8-22(24)28(29,30)31)26-25(23-9-5-6-11-32-23)33-27(38)35(26)13-7-12-34-14-16-37-17-15-34/h3-6,8-11,18,25-26H,7,12-17H2,1-2H3,(H,33,38)/t25-,26+/m0/s1. The van der Waals surface area contributed by atoms with Gasteiger partial charge in [0, 0.05) is 43.8 Å². The van der Waals surface area contributed by atoms with Crippen LogP contribution in [-0.2, 0) is 10.9 Å². The summed E-state index contributed by atoms with van der Waals surface area (Å²) in [5.41, 5.74) is 2.75. The van der Waals surface area contributed by atoms with E-state index in [0.29, 0.717) is 5.11 Å². The summed E-state index contributed by atoms with van der Waals surface area (Å²) in [5.74, 6) is 0. The first-order chi connectivity index (χ1) is 18.3. The molecule has 0 radical (unpaired) electrons. The van der Waals surface area contributed by atoms with Gasteiger partial charge in [0.15, 0.2) is 5.11 Å². The number of alkyl halides is 3. The first-order valence-corrected chi connectivity index (χ1v) is 13.3. The number of halogens is 3. The highest BCUT2D eigenvalue weighted by atomic mass is 32.1. The zero-order chi connectivity index (χ0) is 26.9. The summed E-state index contributed by atoms with van der Waals surface area (Å²) >= 11 is 5.81. The Hall–Kier alpha value is -2.95. The van der Waals surface area contributed by atoms with Gasteiger partial charge in [-0.15, -0.1) is 0 Å². The second-order valence-electron chi connectivity index (χ2n) is 9.80. The molecule has 2 aromatic heterocycles. The van der Waals surface area contributed by atoms with Crippen molar-refractivity contribution in [3.8, 4) is 5.69 Å². The van der Waals surface area contributed by atoms with Crippen molar-refractivity contribution in [3.63, 3.8) is 0 Å². The van der Waals surface area contributed by atoms with Crippen LogP contribution >= 0.6 is 12.2 Å². The predicted molar refractivity (Wildman–Crippen MR) is 144 cm³/mol. The predicted octanol–water partition coefficient (Wildman–Crippen LogP) is 5.20. The number of nitrogens with zero attached hydrogens (tertiary/aromatic N) is 4. The van der Waals surface area contributed by atoms with Crippen LogP contribution in [-0.4, -0.2) is 63.9 Å². The van der Waals surface area contributed by atoms with Crippen LogP contribution in [0, 0.1) is 13.8 Å². The highest BCUT2D eigenvalue weighted by Crippen LogP contribution is 2.42. The number of ether oxygens (including phenoxy) is 1. The Morgan fingerprint density at radius 3 is 2.50 bits per heavy atom. The van der Waals surface area contributed by atoms with E-state index in [-0.39, 0.29) is 17.8 Å². The van der Waals surface area contributed by atoms with E-state index in [1.165, 1.54) is 12.1 Å². The van der Waals surface area contributed by atoms with E-state index in [4.69, 9.17) is 17.0 Å². The fraction of sp³-hybridized carbons (Fsp3) is 0.429. The Morgan fingerprint density at radius 2 is 1.79 bits per heavy atom. The average molecular weight is 544 g/mol. The summed E-state index contributed by atoms with van der Waals surface area (Å²) in [6.07, 6.45) is -1.80. The Balaban J connectivity index is 1.52. The number of nitrogens with one attached hydrogen (secondary N) is 1.